The minimum Gasteiger partial charge on any atom is -0.382 e. The van der Waals surface area contributed by atoms with Gasteiger partial charge in [0.15, 0.2) is 0 Å². The quantitative estimate of drug-likeness (QED) is 0.836. The van der Waals surface area contributed by atoms with Crippen LogP contribution in [-0.2, 0) is 19.3 Å². The third kappa shape index (κ3) is 2.59. The second kappa shape index (κ2) is 5.36. The van der Waals surface area contributed by atoms with Gasteiger partial charge in [-0.3, -0.25) is 0 Å². The maximum absolute atomic E-state index is 13.9. The number of aliphatic hydroxyl groups excluding tert-OH is 1. The molecular formula is C14H13F4N3O. The van der Waals surface area contributed by atoms with E-state index < -0.39 is 29.2 Å². The molecule has 0 radical (unpaired) electrons. The van der Waals surface area contributed by atoms with E-state index >= 15 is 0 Å². The van der Waals surface area contributed by atoms with Gasteiger partial charge in [-0.25, -0.2) is 9.37 Å². The summed E-state index contributed by atoms with van der Waals surface area (Å²) in [7, 11) is 0. The molecular weight excluding hydrogens is 302 g/mol. The Morgan fingerprint density at radius 3 is 2.82 bits per heavy atom. The molecule has 1 aliphatic rings. The molecule has 2 aromatic rings. The van der Waals surface area contributed by atoms with Gasteiger partial charge in [0.1, 0.15) is 17.7 Å². The highest BCUT2D eigenvalue weighted by molar-refractivity contribution is 5.33. The fourth-order valence-electron chi connectivity index (χ4n) is 2.53. The molecule has 0 fully saturated rings. The van der Waals surface area contributed by atoms with Gasteiger partial charge in [-0.1, -0.05) is 0 Å². The number of rotatable bonds is 2. The van der Waals surface area contributed by atoms with Crippen molar-refractivity contribution in [2.45, 2.75) is 25.4 Å². The number of hydrogen-bond acceptors (Lipinski definition) is 3. The second-order valence-electron chi connectivity index (χ2n) is 5.06. The Morgan fingerprint density at radius 2 is 2.09 bits per heavy atom. The number of imidazole rings is 1. The number of alkyl halides is 3. The average Bonchev–Trinajstić information content (AvgIpc) is 2.89. The minimum absolute atomic E-state index is 0.287. The Morgan fingerprint density at radius 1 is 1.32 bits per heavy atom. The first-order valence-corrected chi connectivity index (χ1v) is 6.67. The van der Waals surface area contributed by atoms with Crippen LogP contribution in [0.3, 0.4) is 0 Å². The van der Waals surface area contributed by atoms with Crippen molar-refractivity contribution in [2.24, 2.45) is 0 Å². The van der Waals surface area contributed by atoms with Crippen molar-refractivity contribution in [1.29, 1.82) is 0 Å². The molecule has 22 heavy (non-hydrogen) atoms. The summed E-state index contributed by atoms with van der Waals surface area (Å²) in [5, 5.41) is 13.4. The molecule has 1 unspecified atom stereocenters. The first-order valence-electron chi connectivity index (χ1n) is 6.67. The molecule has 0 saturated carbocycles. The van der Waals surface area contributed by atoms with Crippen LogP contribution >= 0.6 is 0 Å². The first-order chi connectivity index (χ1) is 10.4. The van der Waals surface area contributed by atoms with Gasteiger partial charge < -0.3 is 15.0 Å². The zero-order valence-electron chi connectivity index (χ0n) is 11.4. The molecule has 0 saturated heterocycles. The van der Waals surface area contributed by atoms with Crippen LogP contribution in [0.5, 0.6) is 0 Å². The van der Waals surface area contributed by atoms with Crippen LogP contribution in [0.4, 0.5) is 17.6 Å². The largest absolute Gasteiger partial charge is 0.416 e. The van der Waals surface area contributed by atoms with Crippen molar-refractivity contribution in [1.82, 2.24) is 14.9 Å². The monoisotopic (exact) mass is 315 g/mol. The van der Waals surface area contributed by atoms with Crippen molar-refractivity contribution in [2.75, 3.05) is 6.54 Å². The smallest absolute Gasteiger partial charge is 0.382 e. The molecule has 2 heterocycles. The van der Waals surface area contributed by atoms with Gasteiger partial charge in [-0.15, -0.1) is 0 Å². The fourth-order valence-corrected chi connectivity index (χ4v) is 2.53. The molecule has 1 atom stereocenters. The van der Waals surface area contributed by atoms with Crippen LogP contribution in [0.15, 0.2) is 24.4 Å². The summed E-state index contributed by atoms with van der Waals surface area (Å²) < 4.78 is 53.8. The lowest BCUT2D eigenvalue weighted by atomic mass is 10.0. The molecule has 1 aliphatic heterocycles. The van der Waals surface area contributed by atoms with Crippen LogP contribution in [0.2, 0.25) is 0 Å². The molecule has 3 rings (SSSR count). The van der Waals surface area contributed by atoms with Gasteiger partial charge in [-0.05, 0) is 18.2 Å². The highest BCUT2D eigenvalue weighted by atomic mass is 19.4. The van der Waals surface area contributed by atoms with Crippen molar-refractivity contribution >= 4 is 0 Å². The molecule has 4 nitrogen and oxygen atoms in total. The van der Waals surface area contributed by atoms with Crippen LogP contribution in [0, 0.1) is 5.82 Å². The molecule has 0 bridgehead atoms. The number of aliphatic hydroxyl groups is 1. The number of halogens is 4. The summed E-state index contributed by atoms with van der Waals surface area (Å²) in [4.78, 5) is 4.10. The van der Waals surface area contributed by atoms with Crippen molar-refractivity contribution in [3.63, 3.8) is 0 Å². The number of benzene rings is 1. The highest BCUT2D eigenvalue weighted by Gasteiger charge is 2.32. The number of nitrogens with one attached hydrogen (secondary N) is 1. The van der Waals surface area contributed by atoms with Crippen LogP contribution in [0.1, 0.15) is 28.7 Å². The molecule has 8 heteroatoms. The summed E-state index contributed by atoms with van der Waals surface area (Å²) in [6.45, 7) is 1.66. The van der Waals surface area contributed by atoms with E-state index in [1.54, 1.807) is 4.57 Å². The normalized spacial score (nSPS) is 16.4. The Hall–Kier alpha value is -1.93. The maximum atomic E-state index is 13.9. The molecule has 0 spiro atoms. The van der Waals surface area contributed by atoms with E-state index in [4.69, 9.17) is 0 Å². The highest BCUT2D eigenvalue weighted by Crippen LogP contribution is 2.33. The lowest BCUT2D eigenvalue weighted by Crippen LogP contribution is -2.29. The summed E-state index contributed by atoms with van der Waals surface area (Å²) in [5.74, 6) is -0.224. The zero-order chi connectivity index (χ0) is 15.9. The van der Waals surface area contributed by atoms with E-state index in [-0.39, 0.29) is 5.69 Å². The SMILES string of the molecule is OC(c1cc(C(F)(F)F)ccc1F)c1cnc2n1CCNC2. The predicted octanol–water partition coefficient (Wildman–Crippen LogP) is 2.23. The van der Waals surface area contributed by atoms with Gasteiger partial charge in [0.25, 0.3) is 0 Å². The minimum atomic E-state index is -4.59. The maximum Gasteiger partial charge on any atom is 0.416 e. The van der Waals surface area contributed by atoms with E-state index in [9.17, 15) is 22.7 Å². The van der Waals surface area contributed by atoms with Gasteiger partial charge in [0.2, 0.25) is 0 Å². The molecule has 0 amide bonds. The Labute approximate surface area is 123 Å². The van der Waals surface area contributed by atoms with Crippen LogP contribution < -0.4 is 5.32 Å². The van der Waals surface area contributed by atoms with E-state index in [1.165, 1.54) is 6.20 Å². The van der Waals surface area contributed by atoms with Gasteiger partial charge in [0, 0.05) is 18.7 Å². The molecule has 1 aromatic heterocycles. The number of aromatic nitrogens is 2. The predicted molar refractivity (Wildman–Crippen MR) is 69.4 cm³/mol. The number of fused-ring (bicyclic) bond motifs is 1. The molecule has 2 N–H and O–H groups in total. The summed E-state index contributed by atoms with van der Waals surface area (Å²) in [6.07, 6.45) is -4.73. The second-order valence-corrected chi connectivity index (χ2v) is 5.06. The summed E-state index contributed by atoms with van der Waals surface area (Å²) in [6, 6.07) is 2.01. The van der Waals surface area contributed by atoms with E-state index in [0.29, 0.717) is 37.6 Å². The third-order valence-corrected chi connectivity index (χ3v) is 3.66. The zero-order valence-corrected chi connectivity index (χ0v) is 11.4. The first kappa shape index (κ1) is 15.0. The van der Waals surface area contributed by atoms with Crippen molar-refractivity contribution < 1.29 is 22.7 Å². The van der Waals surface area contributed by atoms with Gasteiger partial charge in [-0.2, -0.15) is 13.2 Å². The van der Waals surface area contributed by atoms with E-state index in [1.807, 2.05) is 0 Å². The summed E-state index contributed by atoms with van der Waals surface area (Å²) >= 11 is 0. The van der Waals surface area contributed by atoms with Crippen LogP contribution in [0.25, 0.3) is 0 Å². The standard InChI is InChI=1S/C14H13F4N3O/c15-10-2-1-8(14(16,17)18)5-9(10)13(22)11-6-20-12-7-19-3-4-21(11)12/h1-2,5-6,13,19,22H,3-4,7H2. The van der Waals surface area contributed by atoms with Crippen molar-refractivity contribution in [3.8, 4) is 0 Å². The van der Waals surface area contributed by atoms with Crippen LogP contribution in [-0.4, -0.2) is 21.2 Å². The lowest BCUT2D eigenvalue weighted by Gasteiger charge is -2.21. The van der Waals surface area contributed by atoms with E-state index in [0.717, 1.165) is 6.07 Å². The average molecular weight is 315 g/mol. The molecule has 1 aromatic carbocycles. The lowest BCUT2D eigenvalue weighted by molar-refractivity contribution is -0.137. The fraction of sp³-hybridized carbons (Fsp3) is 0.357. The van der Waals surface area contributed by atoms with E-state index in [2.05, 4.69) is 10.3 Å². The Balaban J connectivity index is 2.02. The molecule has 0 aliphatic carbocycles. The topological polar surface area (TPSA) is 50.1 Å². The summed E-state index contributed by atoms with van der Waals surface area (Å²) in [5.41, 5.74) is -1.12. The third-order valence-electron chi connectivity index (χ3n) is 3.66. The number of nitrogens with zero attached hydrogens (tertiary/aromatic N) is 2. The van der Waals surface area contributed by atoms with Crippen molar-refractivity contribution in [3.05, 3.63) is 52.9 Å². The molecule has 118 valence electrons. The van der Waals surface area contributed by atoms with Gasteiger partial charge >= 0.3 is 6.18 Å². The Bertz CT molecular complexity index is 696. The number of hydrogen-bond donors (Lipinski definition) is 2. The Kier molecular flexibility index (Phi) is 3.65. The van der Waals surface area contributed by atoms with Gasteiger partial charge in [0.05, 0.1) is 24.0 Å².